The normalized spacial score (nSPS) is 11.5. The van der Waals surface area contributed by atoms with Gasteiger partial charge in [0.2, 0.25) is 0 Å². The summed E-state index contributed by atoms with van der Waals surface area (Å²) >= 11 is 0. The maximum absolute atomic E-state index is 4.71. The van der Waals surface area contributed by atoms with Gasteiger partial charge in [0.25, 0.3) is 0 Å². The van der Waals surface area contributed by atoms with Crippen LogP contribution in [0.25, 0.3) is 39.6 Å². The van der Waals surface area contributed by atoms with Gasteiger partial charge in [0.1, 0.15) is 0 Å². The Morgan fingerprint density at radius 2 is 1.03 bits per heavy atom. The number of hydrogen-bond acceptors (Lipinski definition) is 2. The SMILES string of the molecule is CC(C)(C)c1ccccc1-c1nnc(-c2ccc(-c3ccccc3)cc2)n1-c1ccccc1. The minimum Gasteiger partial charge on any atom is -0.275 e. The fourth-order valence-electron chi connectivity index (χ4n) is 4.24. The van der Waals surface area contributed by atoms with Crippen LogP contribution in [-0.2, 0) is 5.41 Å². The summed E-state index contributed by atoms with van der Waals surface area (Å²) < 4.78 is 2.17. The summed E-state index contributed by atoms with van der Waals surface area (Å²) in [5, 5.41) is 9.38. The van der Waals surface area contributed by atoms with Gasteiger partial charge < -0.3 is 0 Å². The van der Waals surface area contributed by atoms with Gasteiger partial charge >= 0.3 is 0 Å². The third-order valence-electron chi connectivity index (χ3n) is 5.90. The molecule has 0 aliphatic heterocycles. The topological polar surface area (TPSA) is 30.7 Å². The Kier molecular flexibility index (Phi) is 5.39. The number of benzene rings is 4. The van der Waals surface area contributed by atoms with E-state index in [9.17, 15) is 0 Å². The highest BCUT2D eigenvalue weighted by molar-refractivity contribution is 5.72. The summed E-state index contributed by atoms with van der Waals surface area (Å²) in [6, 6.07) is 37.8. The molecule has 0 N–H and O–H groups in total. The van der Waals surface area contributed by atoms with Crippen LogP contribution < -0.4 is 0 Å². The molecule has 3 nitrogen and oxygen atoms in total. The van der Waals surface area contributed by atoms with E-state index in [2.05, 4.69) is 127 Å². The molecule has 3 heteroatoms. The molecule has 0 aliphatic carbocycles. The number of rotatable bonds is 4. The van der Waals surface area contributed by atoms with Crippen LogP contribution in [-0.4, -0.2) is 14.8 Å². The molecule has 33 heavy (non-hydrogen) atoms. The molecule has 1 heterocycles. The molecule has 1 aromatic heterocycles. The lowest BCUT2D eigenvalue weighted by molar-refractivity contribution is 0.591. The van der Waals surface area contributed by atoms with E-state index in [4.69, 9.17) is 5.10 Å². The summed E-state index contributed by atoms with van der Waals surface area (Å²) in [6.45, 7) is 6.70. The largest absolute Gasteiger partial charge is 0.275 e. The van der Waals surface area contributed by atoms with Gasteiger partial charge in [-0.3, -0.25) is 4.57 Å². The van der Waals surface area contributed by atoms with Crippen molar-refractivity contribution in [1.29, 1.82) is 0 Å². The second-order valence-corrected chi connectivity index (χ2v) is 9.26. The molecular formula is C30H27N3. The Bertz CT molecular complexity index is 1360. The van der Waals surface area contributed by atoms with Gasteiger partial charge in [0.05, 0.1) is 0 Å². The first kappa shape index (κ1) is 20.9. The molecular weight excluding hydrogens is 402 g/mol. The molecule has 162 valence electrons. The zero-order valence-corrected chi connectivity index (χ0v) is 19.2. The molecule has 0 bridgehead atoms. The van der Waals surface area contributed by atoms with Crippen molar-refractivity contribution < 1.29 is 0 Å². The second-order valence-electron chi connectivity index (χ2n) is 9.26. The molecule has 0 atom stereocenters. The van der Waals surface area contributed by atoms with Crippen LogP contribution in [0.4, 0.5) is 0 Å². The van der Waals surface area contributed by atoms with Crippen LogP contribution in [0, 0.1) is 0 Å². The van der Waals surface area contributed by atoms with Gasteiger partial charge in [-0.25, -0.2) is 0 Å². The predicted octanol–water partition coefficient (Wildman–Crippen LogP) is 7.57. The summed E-state index contributed by atoms with van der Waals surface area (Å²) in [5.74, 6) is 1.69. The molecule has 0 saturated heterocycles. The van der Waals surface area contributed by atoms with E-state index >= 15 is 0 Å². The molecule has 0 fully saturated rings. The van der Waals surface area contributed by atoms with Crippen LogP contribution in [0.15, 0.2) is 109 Å². The van der Waals surface area contributed by atoms with Gasteiger partial charge in [0.15, 0.2) is 11.6 Å². The van der Waals surface area contributed by atoms with Crippen molar-refractivity contribution >= 4 is 0 Å². The van der Waals surface area contributed by atoms with Crippen molar-refractivity contribution in [2.75, 3.05) is 0 Å². The highest BCUT2D eigenvalue weighted by Crippen LogP contribution is 2.35. The fourth-order valence-corrected chi connectivity index (χ4v) is 4.24. The van der Waals surface area contributed by atoms with Crippen LogP contribution in [0.3, 0.4) is 0 Å². The molecule has 0 spiro atoms. The van der Waals surface area contributed by atoms with E-state index in [0.29, 0.717) is 0 Å². The Labute approximate surface area is 195 Å². The van der Waals surface area contributed by atoms with E-state index < -0.39 is 0 Å². The molecule has 0 unspecified atom stereocenters. The first-order valence-corrected chi connectivity index (χ1v) is 11.3. The maximum atomic E-state index is 4.71. The van der Waals surface area contributed by atoms with Crippen molar-refractivity contribution in [3.8, 4) is 39.6 Å². The highest BCUT2D eigenvalue weighted by Gasteiger charge is 2.24. The molecule has 0 radical (unpaired) electrons. The number of para-hydroxylation sites is 1. The van der Waals surface area contributed by atoms with Gasteiger partial charge in [-0.2, -0.15) is 0 Å². The monoisotopic (exact) mass is 429 g/mol. The standard InChI is InChI=1S/C30H27N3/c1-30(2,3)27-17-11-10-16-26(27)29-32-31-28(33(29)25-14-8-5-9-15-25)24-20-18-23(19-21-24)22-12-6-4-7-13-22/h4-21H,1-3H3. The van der Waals surface area contributed by atoms with Crippen molar-refractivity contribution in [2.24, 2.45) is 0 Å². The number of hydrogen-bond donors (Lipinski definition) is 0. The lowest BCUT2D eigenvalue weighted by Crippen LogP contribution is -2.13. The highest BCUT2D eigenvalue weighted by atomic mass is 15.3. The predicted molar refractivity (Wildman–Crippen MR) is 136 cm³/mol. The molecule has 5 aromatic rings. The molecule has 0 saturated carbocycles. The number of nitrogens with zero attached hydrogens (tertiary/aromatic N) is 3. The molecule has 4 aromatic carbocycles. The zero-order chi connectivity index (χ0) is 22.8. The zero-order valence-electron chi connectivity index (χ0n) is 19.2. The van der Waals surface area contributed by atoms with Crippen molar-refractivity contribution in [3.63, 3.8) is 0 Å². The van der Waals surface area contributed by atoms with Gasteiger partial charge in [-0.15, -0.1) is 10.2 Å². The summed E-state index contributed by atoms with van der Waals surface area (Å²) in [4.78, 5) is 0. The third kappa shape index (κ3) is 4.10. The first-order chi connectivity index (χ1) is 16.0. The van der Waals surface area contributed by atoms with Crippen molar-refractivity contribution in [1.82, 2.24) is 14.8 Å². The number of aromatic nitrogens is 3. The van der Waals surface area contributed by atoms with E-state index in [1.807, 2.05) is 12.1 Å². The average Bonchev–Trinajstić information content (AvgIpc) is 3.30. The van der Waals surface area contributed by atoms with Crippen LogP contribution in [0.2, 0.25) is 0 Å². The molecule has 0 aliphatic rings. The van der Waals surface area contributed by atoms with Gasteiger partial charge in [-0.1, -0.05) is 118 Å². The van der Waals surface area contributed by atoms with Crippen LogP contribution in [0.5, 0.6) is 0 Å². The Morgan fingerprint density at radius 3 is 1.70 bits per heavy atom. The molecule has 5 rings (SSSR count). The van der Waals surface area contributed by atoms with E-state index in [1.165, 1.54) is 16.7 Å². The summed E-state index contributed by atoms with van der Waals surface area (Å²) in [6.07, 6.45) is 0. The second kappa shape index (κ2) is 8.51. The van der Waals surface area contributed by atoms with Gasteiger partial charge in [-0.05, 0) is 34.2 Å². The summed E-state index contributed by atoms with van der Waals surface area (Å²) in [5.41, 5.74) is 6.81. The Hall–Kier alpha value is -3.98. The smallest absolute Gasteiger partial charge is 0.169 e. The Balaban J connectivity index is 1.67. The van der Waals surface area contributed by atoms with Crippen molar-refractivity contribution in [3.05, 3.63) is 115 Å². The maximum Gasteiger partial charge on any atom is 0.169 e. The average molecular weight is 430 g/mol. The van der Waals surface area contributed by atoms with Crippen molar-refractivity contribution in [2.45, 2.75) is 26.2 Å². The minimum absolute atomic E-state index is 0.0123. The lowest BCUT2D eigenvalue weighted by Gasteiger charge is -2.23. The quantitative estimate of drug-likeness (QED) is 0.295. The first-order valence-electron chi connectivity index (χ1n) is 11.3. The van der Waals surface area contributed by atoms with E-state index in [-0.39, 0.29) is 5.41 Å². The fraction of sp³-hybridized carbons (Fsp3) is 0.133. The van der Waals surface area contributed by atoms with E-state index in [1.54, 1.807) is 0 Å². The Morgan fingerprint density at radius 1 is 0.515 bits per heavy atom. The molecule has 0 amide bonds. The third-order valence-corrected chi connectivity index (χ3v) is 5.90. The minimum atomic E-state index is -0.0123. The van der Waals surface area contributed by atoms with Crippen LogP contribution in [0.1, 0.15) is 26.3 Å². The summed E-state index contributed by atoms with van der Waals surface area (Å²) in [7, 11) is 0. The van der Waals surface area contributed by atoms with Crippen LogP contribution >= 0.6 is 0 Å². The lowest BCUT2D eigenvalue weighted by atomic mass is 9.83. The van der Waals surface area contributed by atoms with E-state index in [0.717, 1.165) is 28.5 Å². The van der Waals surface area contributed by atoms with Gasteiger partial charge in [0, 0.05) is 16.8 Å².